The van der Waals surface area contributed by atoms with Crippen LogP contribution in [0.5, 0.6) is 0 Å². The van der Waals surface area contributed by atoms with Gasteiger partial charge < -0.3 is 10.2 Å². The molecule has 0 spiro atoms. The molecule has 1 aliphatic rings. The fourth-order valence-corrected chi connectivity index (χ4v) is 3.66. The first-order valence-electron chi connectivity index (χ1n) is 8.53. The molecule has 0 bridgehead atoms. The van der Waals surface area contributed by atoms with E-state index < -0.39 is 0 Å². The fraction of sp³-hybridized carbons (Fsp3) is 0.300. The van der Waals surface area contributed by atoms with Crippen molar-refractivity contribution in [2.24, 2.45) is 0 Å². The maximum absolute atomic E-state index is 12.8. The zero-order chi connectivity index (χ0) is 17.6. The average molecular weight is 354 g/mol. The average Bonchev–Trinajstić information content (AvgIpc) is 2.68. The number of thioether (sulfide) groups is 1. The van der Waals surface area contributed by atoms with Gasteiger partial charge in [0.2, 0.25) is 0 Å². The Hall–Kier alpha value is -2.27. The molecule has 0 atom stereocenters. The molecule has 1 saturated heterocycles. The van der Waals surface area contributed by atoms with Gasteiger partial charge in [-0.15, -0.1) is 11.8 Å². The number of carbonyl (C=O) groups excluding carboxylic acids is 2. The van der Waals surface area contributed by atoms with Crippen molar-refractivity contribution in [1.82, 2.24) is 4.90 Å². The van der Waals surface area contributed by atoms with Crippen LogP contribution in [0.1, 0.15) is 40.0 Å². The van der Waals surface area contributed by atoms with Gasteiger partial charge in [-0.2, -0.15) is 0 Å². The minimum atomic E-state index is -0.191. The van der Waals surface area contributed by atoms with E-state index >= 15 is 0 Å². The number of carbonyl (C=O) groups is 2. The number of likely N-dealkylation sites (tertiary alicyclic amines) is 1. The molecule has 1 N–H and O–H groups in total. The van der Waals surface area contributed by atoms with Crippen LogP contribution in [0.2, 0.25) is 0 Å². The highest BCUT2D eigenvalue weighted by molar-refractivity contribution is 7.98. The number of para-hydroxylation sites is 1. The maximum Gasteiger partial charge on any atom is 0.256 e. The molecule has 4 nitrogen and oxygen atoms in total. The lowest BCUT2D eigenvalue weighted by molar-refractivity contribution is 0.0725. The van der Waals surface area contributed by atoms with Crippen molar-refractivity contribution in [1.29, 1.82) is 0 Å². The third-order valence-corrected chi connectivity index (χ3v) is 5.20. The Kier molecular flexibility index (Phi) is 5.76. The first-order chi connectivity index (χ1) is 12.2. The van der Waals surface area contributed by atoms with E-state index in [0.717, 1.165) is 30.8 Å². The molecule has 0 aliphatic carbocycles. The molecule has 2 amide bonds. The monoisotopic (exact) mass is 354 g/mol. The Labute approximate surface area is 152 Å². The van der Waals surface area contributed by atoms with Crippen LogP contribution in [0.3, 0.4) is 0 Å². The van der Waals surface area contributed by atoms with Crippen molar-refractivity contribution < 1.29 is 9.59 Å². The maximum atomic E-state index is 12.8. The minimum absolute atomic E-state index is 0.00579. The predicted octanol–water partition coefficient (Wildman–Crippen LogP) is 4.29. The summed E-state index contributed by atoms with van der Waals surface area (Å²) in [6.45, 7) is 1.58. The highest BCUT2D eigenvalue weighted by atomic mass is 32.2. The van der Waals surface area contributed by atoms with Crippen LogP contribution in [0, 0.1) is 0 Å². The summed E-state index contributed by atoms with van der Waals surface area (Å²) in [5.74, 6) is -0.197. The molecule has 2 aromatic rings. The number of hydrogen-bond acceptors (Lipinski definition) is 3. The summed E-state index contributed by atoms with van der Waals surface area (Å²) in [5.41, 5.74) is 1.74. The topological polar surface area (TPSA) is 49.4 Å². The molecule has 130 valence electrons. The molecule has 5 heteroatoms. The largest absolute Gasteiger partial charge is 0.339 e. The SMILES string of the molecule is CSc1ccccc1C(=O)Nc1ccccc1C(=O)N1CCCCC1. The van der Waals surface area contributed by atoms with Crippen molar-refractivity contribution in [3.05, 3.63) is 59.7 Å². The van der Waals surface area contributed by atoms with Crippen LogP contribution in [-0.4, -0.2) is 36.1 Å². The second-order valence-electron chi connectivity index (χ2n) is 6.05. The highest BCUT2D eigenvalue weighted by Gasteiger charge is 2.21. The Morgan fingerprint density at radius 3 is 2.28 bits per heavy atom. The lowest BCUT2D eigenvalue weighted by atomic mass is 10.1. The van der Waals surface area contributed by atoms with Gasteiger partial charge in [-0.05, 0) is 49.8 Å². The van der Waals surface area contributed by atoms with Crippen LogP contribution in [0.4, 0.5) is 5.69 Å². The zero-order valence-electron chi connectivity index (χ0n) is 14.3. The van der Waals surface area contributed by atoms with Crippen LogP contribution < -0.4 is 5.32 Å². The van der Waals surface area contributed by atoms with Crippen molar-refractivity contribution in [2.45, 2.75) is 24.2 Å². The van der Waals surface area contributed by atoms with E-state index in [0.29, 0.717) is 16.8 Å². The van der Waals surface area contributed by atoms with Gasteiger partial charge in [-0.3, -0.25) is 9.59 Å². The number of nitrogens with one attached hydrogen (secondary N) is 1. The van der Waals surface area contributed by atoms with Crippen LogP contribution in [0.15, 0.2) is 53.4 Å². The number of piperidine rings is 1. The summed E-state index contributed by atoms with van der Waals surface area (Å²) in [6, 6.07) is 14.7. The standard InChI is InChI=1S/C20H22N2O2S/c1-25-18-12-6-4-10-16(18)19(23)21-17-11-5-3-9-15(17)20(24)22-13-7-2-8-14-22/h3-6,9-12H,2,7-8,13-14H2,1H3,(H,21,23). The van der Waals surface area contributed by atoms with E-state index in [1.165, 1.54) is 18.2 Å². The zero-order valence-corrected chi connectivity index (χ0v) is 15.1. The quantitative estimate of drug-likeness (QED) is 0.834. The van der Waals surface area contributed by atoms with E-state index in [4.69, 9.17) is 0 Å². The van der Waals surface area contributed by atoms with Gasteiger partial charge >= 0.3 is 0 Å². The lowest BCUT2D eigenvalue weighted by Gasteiger charge is -2.27. The second-order valence-corrected chi connectivity index (χ2v) is 6.90. The lowest BCUT2D eigenvalue weighted by Crippen LogP contribution is -2.36. The van der Waals surface area contributed by atoms with E-state index in [9.17, 15) is 9.59 Å². The molecular formula is C20H22N2O2S. The Morgan fingerprint density at radius 2 is 1.56 bits per heavy atom. The molecule has 1 fully saturated rings. The van der Waals surface area contributed by atoms with E-state index in [1.54, 1.807) is 18.2 Å². The van der Waals surface area contributed by atoms with Gasteiger partial charge in [0.15, 0.2) is 0 Å². The molecule has 1 heterocycles. The number of benzene rings is 2. The molecule has 2 aromatic carbocycles. The molecule has 0 radical (unpaired) electrons. The van der Waals surface area contributed by atoms with Crippen LogP contribution in [-0.2, 0) is 0 Å². The summed E-state index contributed by atoms with van der Waals surface area (Å²) >= 11 is 1.53. The van der Waals surface area contributed by atoms with Crippen molar-refractivity contribution in [3.63, 3.8) is 0 Å². The molecule has 0 unspecified atom stereocenters. The summed E-state index contributed by atoms with van der Waals surface area (Å²) < 4.78 is 0. The fourth-order valence-electron chi connectivity index (χ4n) is 3.07. The summed E-state index contributed by atoms with van der Waals surface area (Å²) in [7, 11) is 0. The highest BCUT2D eigenvalue weighted by Crippen LogP contribution is 2.24. The molecule has 3 rings (SSSR count). The third kappa shape index (κ3) is 4.04. The number of amides is 2. The minimum Gasteiger partial charge on any atom is -0.339 e. The van der Waals surface area contributed by atoms with Gasteiger partial charge in [-0.1, -0.05) is 24.3 Å². The van der Waals surface area contributed by atoms with E-state index in [-0.39, 0.29) is 11.8 Å². The smallest absolute Gasteiger partial charge is 0.256 e. The number of nitrogens with zero attached hydrogens (tertiary/aromatic N) is 1. The van der Waals surface area contributed by atoms with E-state index in [1.807, 2.05) is 41.5 Å². The van der Waals surface area contributed by atoms with Gasteiger partial charge in [0.25, 0.3) is 11.8 Å². The van der Waals surface area contributed by atoms with Gasteiger partial charge in [0, 0.05) is 18.0 Å². The van der Waals surface area contributed by atoms with Crippen LogP contribution in [0.25, 0.3) is 0 Å². The molecule has 1 aliphatic heterocycles. The molecule has 0 saturated carbocycles. The van der Waals surface area contributed by atoms with Gasteiger partial charge in [0.1, 0.15) is 0 Å². The number of hydrogen-bond donors (Lipinski definition) is 1. The Bertz CT molecular complexity index is 770. The van der Waals surface area contributed by atoms with Gasteiger partial charge in [0.05, 0.1) is 16.8 Å². The Balaban J connectivity index is 1.83. The number of rotatable bonds is 4. The second kappa shape index (κ2) is 8.21. The summed E-state index contributed by atoms with van der Waals surface area (Å²) in [4.78, 5) is 28.3. The summed E-state index contributed by atoms with van der Waals surface area (Å²) in [6.07, 6.45) is 5.20. The normalized spacial score (nSPS) is 14.2. The first-order valence-corrected chi connectivity index (χ1v) is 9.76. The molecular weight excluding hydrogens is 332 g/mol. The molecule has 0 aromatic heterocycles. The number of anilines is 1. The van der Waals surface area contributed by atoms with Crippen molar-refractivity contribution in [2.75, 3.05) is 24.7 Å². The van der Waals surface area contributed by atoms with Crippen molar-refractivity contribution in [3.8, 4) is 0 Å². The molecule has 25 heavy (non-hydrogen) atoms. The predicted molar refractivity (Wildman–Crippen MR) is 102 cm³/mol. The van der Waals surface area contributed by atoms with Crippen LogP contribution >= 0.6 is 11.8 Å². The summed E-state index contributed by atoms with van der Waals surface area (Å²) in [5, 5.41) is 2.92. The van der Waals surface area contributed by atoms with Crippen molar-refractivity contribution >= 4 is 29.3 Å². The third-order valence-electron chi connectivity index (χ3n) is 4.40. The first kappa shape index (κ1) is 17.5. The van der Waals surface area contributed by atoms with E-state index in [2.05, 4.69) is 5.32 Å². The van der Waals surface area contributed by atoms with Gasteiger partial charge in [-0.25, -0.2) is 0 Å². The Morgan fingerprint density at radius 1 is 0.920 bits per heavy atom.